The number of halogens is 2. The molecule has 0 unspecified atom stereocenters. The van der Waals surface area contributed by atoms with Gasteiger partial charge in [-0.3, -0.25) is 0 Å². The van der Waals surface area contributed by atoms with Gasteiger partial charge in [-0.15, -0.1) is 0 Å². The zero-order chi connectivity index (χ0) is 12.8. The summed E-state index contributed by atoms with van der Waals surface area (Å²) in [6, 6.07) is 0.228. The first-order valence-electron chi connectivity index (χ1n) is 5.63. The highest BCUT2D eigenvalue weighted by Gasteiger charge is 2.13. The Hall–Kier alpha value is -1.17. The van der Waals surface area contributed by atoms with E-state index in [0.717, 1.165) is 12.2 Å². The maximum atomic E-state index is 12.1. The molecule has 0 amide bonds. The van der Waals surface area contributed by atoms with E-state index < -0.39 is 6.43 Å². The third kappa shape index (κ3) is 5.12. The average Bonchev–Trinajstić information content (AvgIpc) is 2.64. The van der Waals surface area contributed by atoms with E-state index in [1.165, 1.54) is 18.2 Å². The molecule has 0 aliphatic heterocycles. The Bertz CT molecular complexity index is 328. The molecule has 0 aliphatic carbocycles. The van der Waals surface area contributed by atoms with Crippen molar-refractivity contribution in [1.29, 1.82) is 0 Å². The molecule has 1 rings (SSSR count). The van der Waals surface area contributed by atoms with Gasteiger partial charge in [0.1, 0.15) is 6.26 Å². The first-order chi connectivity index (χ1) is 7.99. The minimum Gasteiger partial charge on any atom is -0.432 e. The van der Waals surface area contributed by atoms with Crippen molar-refractivity contribution in [3.8, 4) is 0 Å². The van der Waals surface area contributed by atoms with E-state index in [-0.39, 0.29) is 12.6 Å². The summed E-state index contributed by atoms with van der Waals surface area (Å²) in [5, 5.41) is 3.20. The van der Waals surface area contributed by atoms with E-state index >= 15 is 0 Å². The van der Waals surface area contributed by atoms with Gasteiger partial charge < -0.3 is 14.6 Å². The monoisotopic (exact) mass is 247 g/mol. The Morgan fingerprint density at radius 2 is 2.18 bits per heavy atom. The molecule has 0 spiro atoms. The molecule has 4 nitrogen and oxygen atoms in total. The van der Waals surface area contributed by atoms with Gasteiger partial charge in [0.2, 0.25) is 0 Å². The topological polar surface area (TPSA) is 41.3 Å². The van der Waals surface area contributed by atoms with Crippen LogP contribution in [0, 0.1) is 5.92 Å². The molecular weight excluding hydrogens is 228 g/mol. The Labute approximate surface area is 100 Å². The van der Waals surface area contributed by atoms with Crippen LogP contribution in [0.1, 0.15) is 19.5 Å². The standard InChI is InChI=1S/C11H19F2N3O/c1-8(2)4-14-5-9-7-17-11(15-9)16(3)6-10(12)13/h7-8,10,14H,4-6H2,1-3H3. The van der Waals surface area contributed by atoms with E-state index in [2.05, 4.69) is 24.1 Å². The minimum atomic E-state index is -2.39. The van der Waals surface area contributed by atoms with E-state index in [0.29, 0.717) is 12.5 Å². The van der Waals surface area contributed by atoms with Crippen LogP contribution >= 0.6 is 0 Å². The first-order valence-corrected chi connectivity index (χ1v) is 5.63. The van der Waals surface area contributed by atoms with Crippen LogP contribution in [0.5, 0.6) is 0 Å². The van der Waals surface area contributed by atoms with E-state index in [1.807, 2.05) is 0 Å². The van der Waals surface area contributed by atoms with Gasteiger partial charge in [0.25, 0.3) is 12.4 Å². The second-order valence-corrected chi connectivity index (χ2v) is 4.42. The van der Waals surface area contributed by atoms with Crippen molar-refractivity contribution in [2.45, 2.75) is 26.8 Å². The van der Waals surface area contributed by atoms with Crippen molar-refractivity contribution in [1.82, 2.24) is 10.3 Å². The highest BCUT2D eigenvalue weighted by molar-refractivity contribution is 5.25. The molecule has 1 aromatic rings. The summed E-state index contributed by atoms with van der Waals surface area (Å²) in [4.78, 5) is 5.43. The number of alkyl halides is 2. The van der Waals surface area contributed by atoms with Crippen LogP contribution in [-0.4, -0.2) is 31.5 Å². The minimum absolute atomic E-state index is 0.228. The summed E-state index contributed by atoms with van der Waals surface area (Å²) in [6.07, 6.45) is -0.903. The number of rotatable bonds is 7. The summed E-state index contributed by atoms with van der Waals surface area (Å²) in [7, 11) is 1.53. The highest BCUT2D eigenvalue weighted by Crippen LogP contribution is 2.13. The molecule has 0 atom stereocenters. The fraction of sp³-hybridized carbons (Fsp3) is 0.727. The first kappa shape index (κ1) is 13.9. The third-order valence-corrected chi connectivity index (χ3v) is 2.14. The van der Waals surface area contributed by atoms with E-state index in [1.54, 1.807) is 0 Å². The van der Waals surface area contributed by atoms with Crippen LogP contribution in [0.25, 0.3) is 0 Å². The molecule has 0 bridgehead atoms. The van der Waals surface area contributed by atoms with Crippen LogP contribution in [0.15, 0.2) is 10.7 Å². The van der Waals surface area contributed by atoms with Crippen molar-refractivity contribution in [2.24, 2.45) is 5.92 Å². The number of nitrogens with one attached hydrogen (secondary N) is 1. The molecule has 0 radical (unpaired) electrons. The van der Waals surface area contributed by atoms with Crippen LogP contribution in [0.3, 0.4) is 0 Å². The van der Waals surface area contributed by atoms with Crippen molar-refractivity contribution in [3.05, 3.63) is 12.0 Å². The normalized spacial score (nSPS) is 11.5. The van der Waals surface area contributed by atoms with Gasteiger partial charge in [0.15, 0.2) is 0 Å². The number of nitrogens with zero attached hydrogens (tertiary/aromatic N) is 2. The maximum absolute atomic E-state index is 12.1. The van der Waals surface area contributed by atoms with Gasteiger partial charge >= 0.3 is 0 Å². The third-order valence-electron chi connectivity index (χ3n) is 2.14. The largest absolute Gasteiger partial charge is 0.432 e. The van der Waals surface area contributed by atoms with Gasteiger partial charge in [-0.05, 0) is 12.5 Å². The number of hydrogen-bond donors (Lipinski definition) is 1. The molecule has 1 heterocycles. The quantitative estimate of drug-likeness (QED) is 0.801. The van der Waals surface area contributed by atoms with Crippen molar-refractivity contribution >= 4 is 6.01 Å². The molecule has 0 aliphatic rings. The van der Waals surface area contributed by atoms with Crippen LogP contribution in [0.4, 0.5) is 14.8 Å². The van der Waals surface area contributed by atoms with Gasteiger partial charge in [-0.1, -0.05) is 13.8 Å². The molecule has 1 aromatic heterocycles. The summed E-state index contributed by atoms with van der Waals surface area (Å²) >= 11 is 0. The van der Waals surface area contributed by atoms with Crippen molar-refractivity contribution < 1.29 is 13.2 Å². The van der Waals surface area contributed by atoms with E-state index in [4.69, 9.17) is 4.42 Å². The van der Waals surface area contributed by atoms with Crippen LogP contribution in [-0.2, 0) is 6.54 Å². The number of hydrogen-bond acceptors (Lipinski definition) is 4. The lowest BCUT2D eigenvalue weighted by Crippen LogP contribution is -2.24. The number of oxazole rings is 1. The Balaban J connectivity index is 2.42. The van der Waals surface area contributed by atoms with Crippen LogP contribution < -0.4 is 10.2 Å². The summed E-state index contributed by atoms with van der Waals surface area (Å²) in [6.45, 7) is 5.31. The van der Waals surface area contributed by atoms with E-state index in [9.17, 15) is 8.78 Å². The second kappa shape index (κ2) is 6.54. The fourth-order valence-corrected chi connectivity index (χ4v) is 1.33. The van der Waals surface area contributed by atoms with Gasteiger partial charge in [0.05, 0.1) is 12.2 Å². The number of aromatic nitrogens is 1. The van der Waals surface area contributed by atoms with Crippen LogP contribution in [0.2, 0.25) is 0 Å². The lowest BCUT2D eigenvalue weighted by molar-refractivity contribution is 0.155. The maximum Gasteiger partial charge on any atom is 0.297 e. The Morgan fingerprint density at radius 3 is 2.76 bits per heavy atom. The second-order valence-electron chi connectivity index (χ2n) is 4.42. The summed E-state index contributed by atoms with van der Waals surface area (Å²) in [5.74, 6) is 0.558. The smallest absolute Gasteiger partial charge is 0.297 e. The lowest BCUT2D eigenvalue weighted by atomic mass is 10.2. The fourth-order valence-electron chi connectivity index (χ4n) is 1.33. The zero-order valence-corrected chi connectivity index (χ0v) is 10.4. The molecule has 0 fully saturated rings. The zero-order valence-electron chi connectivity index (χ0n) is 10.4. The summed E-state index contributed by atoms with van der Waals surface area (Å²) < 4.78 is 29.4. The molecule has 0 saturated heterocycles. The molecular formula is C11H19F2N3O. The molecule has 6 heteroatoms. The Morgan fingerprint density at radius 1 is 1.47 bits per heavy atom. The van der Waals surface area contributed by atoms with Gasteiger partial charge in [-0.25, -0.2) is 8.78 Å². The molecule has 0 aromatic carbocycles. The predicted octanol–water partition coefficient (Wildman–Crippen LogP) is 2.12. The van der Waals surface area contributed by atoms with Gasteiger partial charge in [0, 0.05) is 13.6 Å². The Kier molecular flexibility index (Phi) is 5.34. The summed E-state index contributed by atoms with van der Waals surface area (Å²) in [5.41, 5.74) is 0.724. The SMILES string of the molecule is CC(C)CNCc1coc(N(C)CC(F)F)n1. The molecule has 0 saturated carbocycles. The number of anilines is 1. The molecule has 98 valence electrons. The lowest BCUT2D eigenvalue weighted by Gasteiger charge is -2.12. The van der Waals surface area contributed by atoms with Gasteiger partial charge in [-0.2, -0.15) is 4.98 Å². The van der Waals surface area contributed by atoms with Crippen molar-refractivity contribution in [2.75, 3.05) is 25.0 Å². The average molecular weight is 247 g/mol. The highest BCUT2D eigenvalue weighted by atomic mass is 19.3. The predicted molar refractivity (Wildman–Crippen MR) is 62.3 cm³/mol. The molecule has 1 N–H and O–H groups in total. The van der Waals surface area contributed by atoms with Crippen molar-refractivity contribution in [3.63, 3.8) is 0 Å². The molecule has 17 heavy (non-hydrogen) atoms.